The highest BCUT2D eigenvalue weighted by molar-refractivity contribution is 6.35. The number of hydrogen-bond acceptors (Lipinski definition) is 4. The molecule has 2 aromatic rings. The van der Waals surface area contributed by atoms with E-state index in [1.165, 1.54) is 0 Å². The number of nitrogens with zero attached hydrogens (tertiary/aromatic N) is 2. The van der Waals surface area contributed by atoms with E-state index < -0.39 is 5.60 Å². The molecule has 1 aromatic carbocycles. The van der Waals surface area contributed by atoms with Gasteiger partial charge in [0, 0.05) is 42.8 Å². The number of carbonyl (C=O) groups is 1. The van der Waals surface area contributed by atoms with Crippen molar-refractivity contribution in [1.82, 2.24) is 15.2 Å². The van der Waals surface area contributed by atoms with Crippen molar-refractivity contribution in [3.05, 3.63) is 41.0 Å². The molecule has 0 atom stereocenters. The van der Waals surface area contributed by atoms with Crippen LogP contribution in [0.25, 0.3) is 10.9 Å². The van der Waals surface area contributed by atoms with Crippen LogP contribution in [0.2, 0.25) is 5.02 Å². The van der Waals surface area contributed by atoms with E-state index >= 15 is 0 Å². The highest BCUT2D eigenvalue weighted by Gasteiger charge is 2.43. The number of β-amino-alcohol motifs (C(OH)–C–C–N with tert-alkyl or cyclic N) is 1. The van der Waals surface area contributed by atoms with E-state index in [1.807, 2.05) is 29.2 Å². The van der Waals surface area contributed by atoms with E-state index in [9.17, 15) is 9.90 Å². The molecule has 25 heavy (non-hydrogen) atoms. The highest BCUT2D eigenvalue weighted by atomic mass is 35.5. The predicted octanol–water partition coefficient (Wildman–Crippen LogP) is 2.00. The standard InChI is InChI=1S/C19H22ClN3O2/c20-16-4-3-13(18-15(16)2-1-7-22-18)10-17(24)23-8-5-14(6-9-23)19(25)11-21-12-19/h1-4,7,14,21,25H,5-6,8-12H2. The molecule has 2 N–H and O–H groups in total. The number of halogens is 1. The maximum atomic E-state index is 12.7. The van der Waals surface area contributed by atoms with E-state index in [1.54, 1.807) is 6.20 Å². The van der Waals surface area contributed by atoms with Gasteiger partial charge in [-0.3, -0.25) is 9.78 Å². The first kappa shape index (κ1) is 16.8. The van der Waals surface area contributed by atoms with Crippen LogP contribution in [0.5, 0.6) is 0 Å². The second kappa shape index (κ2) is 6.56. The zero-order valence-corrected chi connectivity index (χ0v) is 14.8. The van der Waals surface area contributed by atoms with Gasteiger partial charge in [-0.25, -0.2) is 0 Å². The lowest BCUT2D eigenvalue weighted by Gasteiger charge is -2.47. The van der Waals surface area contributed by atoms with Crippen molar-refractivity contribution in [1.29, 1.82) is 0 Å². The molecule has 1 amide bonds. The number of nitrogens with one attached hydrogen (secondary N) is 1. The summed E-state index contributed by atoms with van der Waals surface area (Å²) in [5.41, 5.74) is 1.15. The molecule has 0 spiro atoms. The Hall–Kier alpha value is -1.69. The van der Waals surface area contributed by atoms with Crippen molar-refractivity contribution in [2.45, 2.75) is 24.9 Å². The Balaban J connectivity index is 1.44. The third kappa shape index (κ3) is 3.12. The third-order valence-corrected chi connectivity index (χ3v) is 5.94. The van der Waals surface area contributed by atoms with Gasteiger partial charge in [0.1, 0.15) is 0 Å². The molecule has 0 aliphatic carbocycles. The second-order valence-electron chi connectivity index (χ2n) is 7.15. The monoisotopic (exact) mass is 359 g/mol. The zero-order chi connectivity index (χ0) is 17.4. The van der Waals surface area contributed by atoms with Crippen LogP contribution in [0.4, 0.5) is 0 Å². The lowest BCUT2D eigenvalue weighted by atomic mass is 9.76. The summed E-state index contributed by atoms with van der Waals surface area (Å²) in [4.78, 5) is 19.0. The van der Waals surface area contributed by atoms with Gasteiger partial charge >= 0.3 is 0 Å². The van der Waals surface area contributed by atoms with Gasteiger partial charge in [-0.05, 0) is 42.5 Å². The smallest absolute Gasteiger partial charge is 0.227 e. The van der Waals surface area contributed by atoms with Crippen LogP contribution in [0.1, 0.15) is 18.4 Å². The Bertz CT molecular complexity index is 798. The van der Waals surface area contributed by atoms with E-state index in [-0.39, 0.29) is 11.8 Å². The van der Waals surface area contributed by atoms with Crippen LogP contribution >= 0.6 is 11.6 Å². The molecule has 6 heteroatoms. The van der Waals surface area contributed by atoms with Gasteiger partial charge in [-0.15, -0.1) is 0 Å². The van der Waals surface area contributed by atoms with Crippen molar-refractivity contribution >= 4 is 28.4 Å². The first-order chi connectivity index (χ1) is 12.1. The molecule has 4 rings (SSSR count). The molecule has 0 unspecified atom stereocenters. The Morgan fingerprint density at radius 1 is 1.32 bits per heavy atom. The highest BCUT2D eigenvalue weighted by Crippen LogP contribution is 2.32. The van der Waals surface area contributed by atoms with Gasteiger partial charge < -0.3 is 15.3 Å². The summed E-state index contributed by atoms with van der Waals surface area (Å²) in [6.45, 7) is 2.78. The molecule has 2 aliphatic heterocycles. The Kier molecular flexibility index (Phi) is 4.40. The molecule has 0 radical (unpaired) electrons. The average molecular weight is 360 g/mol. The van der Waals surface area contributed by atoms with E-state index in [2.05, 4.69) is 10.3 Å². The van der Waals surface area contributed by atoms with Crippen LogP contribution in [-0.2, 0) is 11.2 Å². The molecular formula is C19H22ClN3O2. The van der Waals surface area contributed by atoms with Gasteiger partial charge in [0.2, 0.25) is 5.91 Å². The SMILES string of the molecule is O=C(Cc1ccc(Cl)c2cccnc12)N1CCC(C2(O)CNC2)CC1. The summed E-state index contributed by atoms with van der Waals surface area (Å²) in [7, 11) is 0. The summed E-state index contributed by atoms with van der Waals surface area (Å²) in [6, 6.07) is 7.51. The molecule has 2 saturated heterocycles. The fourth-order valence-electron chi connectivity index (χ4n) is 3.95. The number of pyridine rings is 1. The van der Waals surface area contributed by atoms with Crippen LogP contribution in [-0.4, -0.2) is 52.7 Å². The summed E-state index contributed by atoms with van der Waals surface area (Å²) in [6.07, 6.45) is 3.79. The van der Waals surface area contributed by atoms with Crippen LogP contribution in [0, 0.1) is 5.92 Å². The molecule has 5 nitrogen and oxygen atoms in total. The van der Waals surface area contributed by atoms with Gasteiger partial charge in [-0.2, -0.15) is 0 Å². The van der Waals surface area contributed by atoms with E-state index in [0.29, 0.717) is 37.6 Å². The number of amides is 1. The minimum absolute atomic E-state index is 0.117. The van der Waals surface area contributed by atoms with Crippen molar-refractivity contribution in [3.63, 3.8) is 0 Å². The fraction of sp³-hybridized carbons (Fsp3) is 0.474. The maximum absolute atomic E-state index is 12.7. The number of likely N-dealkylation sites (tertiary alicyclic amines) is 1. The quantitative estimate of drug-likeness (QED) is 0.879. The minimum atomic E-state index is -0.564. The second-order valence-corrected chi connectivity index (χ2v) is 7.55. The van der Waals surface area contributed by atoms with Gasteiger partial charge in [0.15, 0.2) is 0 Å². The number of aromatic nitrogens is 1. The Morgan fingerprint density at radius 3 is 2.76 bits per heavy atom. The van der Waals surface area contributed by atoms with E-state index in [4.69, 9.17) is 11.6 Å². The number of carbonyl (C=O) groups excluding carboxylic acids is 1. The molecular weight excluding hydrogens is 338 g/mol. The van der Waals surface area contributed by atoms with Gasteiger partial charge in [0.25, 0.3) is 0 Å². The summed E-state index contributed by atoms with van der Waals surface area (Å²) in [5.74, 6) is 0.405. The predicted molar refractivity (Wildman–Crippen MR) is 97.6 cm³/mol. The Morgan fingerprint density at radius 2 is 2.08 bits per heavy atom. The largest absolute Gasteiger partial charge is 0.387 e. The molecule has 2 fully saturated rings. The van der Waals surface area contributed by atoms with Crippen molar-refractivity contribution in [2.24, 2.45) is 5.92 Å². The summed E-state index contributed by atoms with van der Waals surface area (Å²) < 4.78 is 0. The summed E-state index contributed by atoms with van der Waals surface area (Å²) >= 11 is 6.23. The number of rotatable bonds is 3. The lowest BCUT2D eigenvalue weighted by Crippen LogP contribution is -2.65. The van der Waals surface area contributed by atoms with Crippen molar-refractivity contribution < 1.29 is 9.90 Å². The zero-order valence-electron chi connectivity index (χ0n) is 14.0. The van der Waals surface area contributed by atoms with E-state index in [0.717, 1.165) is 29.3 Å². The molecule has 2 aliphatic rings. The molecule has 3 heterocycles. The summed E-state index contributed by atoms with van der Waals surface area (Å²) in [5, 5.41) is 15.1. The molecule has 132 valence electrons. The van der Waals surface area contributed by atoms with Crippen LogP contribution in [0.15, 0.2) is 30.5 Å². The van der Waals surface area contributed by atoms with Crippen LogP contribution < -0.4 is 5.32 Å². The van der Waals surface area contributed by atoms with Crippen molar-refractivity contribution in [2.75, 3.05) is 26.2 Å². The van der Waals surface area contributed by atoms with Gasteiger partial charge in [0.05, 0.1) is 17.5 Å². The fourth-order valence-corrected chi connectivity index (χ4v) is 4.17. The third-order valence-electron chi connectivity index (χ3n) is 5.61. The lowest BCUT2D eigenvalue weighted by molar-refractivity contribution is -0.135. The van der Waals surface area contributed by atoms with Gasteiger partial charge in [-0.1, -0.05) is 17.7 Å². The molecule has 0 saturated carbocycles. The maximum Gasteiger partial charge on any atom is 0.227 e. The topological polar surface area (TPSA) is 65.5 Å². The Labute approximate surface area is 152 Å². The average Bonchev–Trinajstić information content (AvgIpc) is 2.62. The number of benzene rings is 1. The van der Waals surface area contributed by atoms with Crippen molar-refractivity contribution in [3.8, 4) is 0 Å². The number of piperidine rings is 1. The first-order valence-corrected chi connectivity index (χ1v) is 9.18. The molecule has 1 aromatic heterocycles. The first-order valence-electron chi connectivity index (χ1n) is 8.80. The molecule has 0 bridgehead atoms. The normalized spacial score (nSPS) is 20.5. The number of aliphatic hydroxyl groups is 1. The minimum Gasteiger partial charge on any atom is -0.387 e. The van der Waals surface area contributed by atoms with Crippen LogP contribution in [0.3, 0.4) is 0 Å². The number of fused-ring (bicyclic) bond motifs is 1. The number of hydrogen-bond donors (Lipinski definition) is 2.